The van der Waals surface area contributed by atoms with E-state index in [-0.39, 0.29) is 16.8 Å². The molecule has 0 N–H and O–H groups in total. The lowest BCUT2D eigenvalue weighted by atomic mass is 9.66. The summed E-state index contributed by atoms with van der Waals surface area (Å²) in [6, 6.07) is 0. The highest BCUT2D eigenvalue weighted by Crippen LogP contribution is 2.66. The molecule has 6 rings (SSSR count). The molecule has 2 saturated heterocycles. The summed E-state index contributed by atoms with van der Waals surface area (Å²) in [7, 11) is 0. The molecule has 0 unspecified atom stereocenters. The Morgan fingerprint density at radius 1 is 0.792 bits per heavy atom. The molecule has 0 amide bonds. The molecule has 0 aromatic carbocycles. The first-order valence-electron chi connectivity index (χ1n) is 10.1. The van der Waals surface area contributed by atoms with E-state index in [9.17, 15) is 0 Å². The van der Waals surface area contributed by atoms with E-state index >= 15 is 0 Å². The van der Waals surface area contributed by atoms with Gasteiger partial charge in [0.05, 0.1) is 6.10 Å². The van der Waals surface area contributed by atoms with Crippen LogP contribution in [0.3, 0.4) is 0 Å². The summed E-state index contributed by atoms with van der Waals surface area (Å²) in [5.74, 6) is 0.831. The number of rotatable bonds is 1. The fourth-order valence-corrected chi connectivity index (χ4v) is 6.51. The van der Waals surface area contributed by atoms with E-state index in [1.807, 2.05) is 0 Å². The maximum Gasteiger partial charge on any atom is 0.135 e. The molecule has 0 radical (unpaired) electrons. The molecule has 0 aromatic heterocycles. The summed E-state index contributed by atoms with van der Waals surface area (Å²) in [5.41, 5.74) is 0.615. The molecule has 2 heteroatoms. The van der Waals surface area contributed by atoms with Gasteiger partial charge in [0.25, 0.3) is 0 Å². The average molecular weight is 324 g/mol. The van der Waals surface area contributed by atoms with Crippen molar-refractivity contribution >= 4 is 0 Å². The molecular weight excluding hydrogens is 296 g/mol. The van der Waals surface area contributed by atoms with Gasteiger partial charge in [0.15, 0.2) is 0 Å². The third-order valence-electron chi connectivity index (χ3n) is 8.08. The minimum absolute atomic E-state index is 0.0324. The van der Waals surface area contributed by atoms with Crippen molar-refractivity contribution in [1.82, 2.24) is 0 Å². The highest BCUT2D eigenvalue weighted by atomic mass is 16.6. The van der Waals surface area contributed by atoms with Crippen LogP contribution in [0.25, 0.3) is 0 Å². The zero-order valence-electron chi connectivity index (χ0n) is 14.5. The first-order chi connectivity index (χ1) is 11.7. The number of fused-ring (bicyclic) bond motifs is 1. The summed E-state index contributed by atoms with van der Waals surface area (Å²) >= 11 is 0. The Kier molecular flexibility index (Phi) is 2.66. The second kappa shape index (κ2) is 4.45. The number of epoxide rings is 2. The van der Waals surface area contributed by atoms with Crippen molar-refractivity contribution in [2.45, 2.75) is 87.1 Å². The molecule has 4 spiro atoms. The molecule has 2 saturated carbocycles. The van der Waals surface area contributed by atoms with Gasteiger partial charge in [-0.2, -0.15) is 0 Å². The average Bonchev–Trinajstić information content (AvgIpc) is 3.29. The summed E-state index contributed by atoms with van der Waals surface area (Å²) in [6.07, 6.45) is 27.6. The lowest BCUT2D eigenvalue weighted by Gasteiger charge is -2.36. The molecule has 2 atom stereocenters. The van der Waals surface area contributed by atoms with Gasteiger partial charge in [0.2, 0.25) is 0 Å². The predicted octanol–water partition coefficient (Wildman–Crippen LogP) is 4.86. The second-order valence-electron chi connectivity index (χ2n) is 9.37. The van der Waals surface area contributed by atoms with Gasteiger partial charge in [-0.15, -0.1) is 0 Å². The van der Waals surface area contributed by atoms with E-state index < -0.39 is 0 Å². The van der Waals surface area contributed by atoms with Gasteiger partial charge in [-0.1, -0.05) is 43.6 Å². The largest absolute Gasteiger partial charge is 0.361 e. The molecule has 2 nitrogen and oxygen atoms in total. The summed E-state index contributed by atoms with van der Waals surface area (Å²) in [6.45, 7) is 0. The van der Waals surface area contributed by atoms with Crippen LogP contribution in [0.4, 0.5) is 0 Å². The predicted molar refractivity (Wildman–Crippen MR) is 93.7 cm³/mol. The van der Waals surface area contributed by atoms with Crippen LogP contribution in [0.15, 0.2) is 36.5 Å². The summed E-state index contributed by atoms with van der Waals surface area (Å²) in [4.78, 5) is 0. The maximum atomic E-state index is 6.35. The van der Waals surface area contributed by atoms with Crippen LogP contribution in [-0.4, -0.2) is 22.9 Å². The van der Waals surface area contributed by atoms with Gasteiger partial charge in [0, 0.05) is 0 Å². The molecule has 0 bridgehead atoms. The molecule has 0 aromatic rings. The lowest BCUT2D eigenvalue weighted by Crippen LogP contribution is -2.34. The third kappa shape index (κ3) is 1.79. The number of allylic oxidation sites excluding steroid dienone is 3. The van der Waals surface area contributed by atoms with Crippen LogP contribution >= 0.6 is 0 Å². The van der Waals surface area contributed by atoms with Crippen molar-refractivity contribution in [1.29, 1.82) is 0 Å². The molecule has 4 fully saturated rings. The van der Waals surface area contributed by atoms with Gasteiger partial charge in [-0.3, -0.25) is 0 Å². The Balaban J connectivity index is 1.13. The smallest absolute Gasteiger partial charge is 0.135 e. The molecule has 2 aliphatic heterocycles. The minimum Gasteiger partial charge on any atom is -0.361 e. The van der Waals surface area contributed by atoms with E-state index in [1.54, 1.807) is 0 Å². The van der Waals surface area contributed by atoms with Crippen molar-refractivity contribution in [3.63, 3.8) is 0 Å². The van der Waals surface area contributed by atoms with Crippen LogP contribution < -0.4 is 0 Å². The minimum atomic E-state index is -0.0324. The molecule has 4 aliphatic carbocycles. The topological polar surface area (TPSA) is 25.1 Å². The number of hydrogen-bond donors (Lipinski definition) is 0. The Labute approximate surface area is 145 Å². The van der Waals surface area contributed by atoms with E-state index in [0.717, 1.165) is 5.92 Å². The van der Waals surface area contributed by atoms with Crippen molar-refractivity contribution in [3.05, 3.63) is 36.5 Å². The second-order valence-corrected chi connectivity index (χ2v) is 9.37. The van der Waals surface area contributed by atoms with Crippen LogP contribution in [-0.2, 0) is 9.47 Å². The monoisotopic (exact) mass is 324 g/mol. The van der Waals surface area contributed by atoms with Crippen molar-refractivity contribution in [3.8, 4) is 0 Å². The SMILES string of the molecule is C1=CC2(C=C1)OC21CCC2(C=C[C@]3(C2)O[C@H]3C2CCCCC2)CC1. The Bertz CT molecular complexity index is 631. The quantitative estimate of drug-likeness (QED) is 0.508. The van der Waals surface area contributed by atoms with E-state index in [0.29, 0.717) is 11.5 Å². The third-order valence-corrected chi connectivity index (χ3v) is 8.08. The van der Waals surface area contributed by atoms with Gasteiger partial charge in [-0.05, 0) is 68.4 Å². The Morgan fingerprint density at radius 3 is 2.29 bits per heavy atom. The number of hydrogen-bond acceptors (Lipinski definition) is 2. The van der Waals surface area contributed by atoms with Gasteiger partial charge in [0.1, 0.15) is 16.8 Å². The zero-order valence-corrected chi connectivity index (χ0v) is 14.5. The standard InChI is InChI=1S/C22H28O2/c1-2-6-17(7-3-1)18-20(23-18)13-10-19(16-20)11-14-22(15-12-19)21(24-22)8-4-5-9-21/h4-5,8-10,13,17-18H,1-3,6-7,11-12,14-16H2/t18-,19?,20+,22?/m0/s1. The highest BCUT2D eigenvalue weighted by Gasteiger charge is 2.70. The number of ether oxygens (including phenoxy) is 2. The Morgan fingerprint density at radius 2 is 1.54 bits per heavy atom. The van der Waals surface area contributed by atoms with Crippen LogP contribution in [0.5, 0.6) is 0 Å². The Hall–Kier alpha value is -0.860. The van der Waals surface area contributed by atoms with Crippen molar-refractivity contribution in [2.24, 2.45) is 11.3 Å². The van der Waals surface area contributed by atoms with Crippen LogP contribution in [0.1, 0.15) is 64.2 Å². The van der Waals surface area contributed by atoms with Crippen molar-refractivity contribution in [2.75, 3.05) is 0 Å². The van der Waals surface area contributed by atoms with Gasteiger partial charge >= 0.3 is 0 Å². The molecule has 24 heavy (non-hydrogen) atoms. The van der Waals surface area contributed by atoms with E-state index in [4.69, 9.17) is 9.47 Å². The van der Waals surface area contributed by atoms with Crippen LogP contribution in [0.2, 0.25) is 0 Å². The normalized spacial score (nSPS) is 50.8. The molecule has 6 aliphatic rings. The fraction of sp³-hybridized carbons (Fsp3) is 0.727. The molecular formula is C22H28O2. The van der Waals surface area contributed by atoms with Gasteiger partial charge in [-0.25, -0.2) is 0 Å². The molecule has 2 heterocycles. The zero-order chi connectivity index (χ0) is 15.9. The van der Waals surface area contributed by atoms with E-state index in [2.05, 4.69) is 36.5 Å². The van der Waals surface area contributed by atoms with Gasteiger partial charge < -0.3 is 9.47 Å². The fourth-order valence-electron chi connectivity index (χ4n) is 6.51. The highest BCUT2D eigenvalue weighted by molar-refractivity contribution is 5.42. The molecule has 128 valence electrons. The first-order valence-corrected chi connectivity index (χ1v) is 10.1. The summed E-state index contributed by atoms with van der Waals surface area (Å²) < 4.78 is 12.6. The first kappa shape index (κ1) is 14.3. The summed E-state index contributed by atoms with van der Waals surface area (Å²) in [5, 5.41) is 0. The van der Waals surface area contributed by atoms with E-state index in [1.165, 1.54) is 64.2 Å². The maximum absolute atomic E-state index is 6.35. The van der Waals surface area contributed by atoms with Crippen LogP contribution in [0, 0.1) is 11.3 Å². The van der Waals surface area contributed by atoms with Crippen molar-refractivity contribution < 1.29 is 9.47 Å². The lowest BCUT2D eigenvalue weighted by molar-refractivity contribution is 0.138.